The van der Waals surface area contributed by atoms with Crippen molar-refractivity contribution in [3.63, 3.8) is 0 Å². The highest BCUT2D eigenvalue weighted by Crippen LogP contribution is 2.22. The van der Waals surface area contributed by atoms with Crippen LogP contribution in [0.1, 0.15) is 16.7 Å². The third-order valence-corrected chi connectivity index (χ3v) is 3.38. The lowest BCUT2D eigenvalue weighted by molar-refractivity contribution is -0.123. The number of aryl methyl sites for hydroxylation is 2. The fraction of sp³-hybridized carbons (Fsp3) is 0.278. The van der Waals surface area contributed by atoms with Crippen molar-refractivity contribution in [1.82, 2.24) is 5.32 Å². The summed E-state index contributed by atoms with van der Waals surface area (Å²) in [6, 6.07) is 13.5. The number of ether oxygens (including phenoxy) is 2. The van der Waals surface area contributed by atoms with E-state index in [1.54, 1.807) is 7.11 Å². The third kappa shape index (κ3) is 4.25. The van der Waals surface area contributed by atoms with Gasteiger partial charge in [-0.25, -0.2) is 0 Å². The summed E-state index contributed by atoms with van der Waals surface area (Å²) in [5.74, 6) is 1.41. The molecule has 0 aliphatic rings. The number of hydrogen-bond donors (Lipinski definition) is 1. The molecule has 0 saturated carbocycles. The number of carbonyl (C=O) groups is 1. The van der Waals surface area contributed by atoms with Crippen molar-refractivity contribution in [1.29, 1.82) is 0 Å². The summed E-state index contributed by atoms with van der Waals surface area (Å²) in [4.78, 5) is 11.9. The van der Waals surface area contributed by atoms with E-state index >= 15 is 0 Å². The van der Waals surface area contributed by atoms with E-state index in [2.05, 4.69) is 5.32 Å². The van der Waals surface area contributed by atoms with E-state index in [0.29, 0.717) is 6.54 Å². The van der Waals surface area contributed by atoms with Gasteiger partial charge in [0.15, 0.2) is 6.61 Å². The van der Waals surface area contributed by atoms with Crippen molar-refractivity contribution >= 4 is 5.91 Å². The van der Waals surface area contributed by atoms with Crippen LogP contribution in [-0.2, 0) is 11.3 Å². The zero-order chi connectivity index (χ0) is 15.9. The highest BCUT2D eigenvalue weighted by Gasteiger charge is 2.07. The Morgan fingerprint density at radius 3 is 2.45 bits per heavy atom. The average molecular weight is 299 g/mol. The number of amides is 1. The third-order valence-electron chi connectivity index (χ3n) is 3.38. The highest BCUT2D eigenvalue weighted by molar-refractivity contribution is 5.77. The fourth-order valence-electron chi connectivity index (χ4n) is 2.20. The van der Waals surface area contributed by atoms with Gasteiger partial charge in [-0.2, -0.15) is 0 Å². The molecule has 0 heterocycles. The molecule has 2 rings (SSSR count). The van der Waals surface area contributed by atoms with Crippen molar-refractivity contribution < 1.29 is 14.3 Å². The van der Waals surface area contributed by atoms with Crippen molar-refractivity contribution in [3.8, 4) is 11.5 Å². The van der Waals surface area contributed by atoms with Crippen LogP contribution in [0.25, 0.3) is 0 Å². The van der Waals surface area contributed by atoms with E-state index in [9.17, 15) is 4.79 Å². The Kier molecular flexibility index (Phi) is 5.42. The van der Waals surface area contributed by atoms with Crippen LogP contribution >= 0.6 is 0 Å². The second-order valence-electron chi connectivity index (χ2n) is 5.14. The molecule has 0 atom stereocenters. The van der Waals surface area contributed by atoms with Crippen LogP contribution in [0.2, 0.25) is 0 Å². The van der Waals surface area contributed by atoms with Gasteiger partial charge < -0.3 is 14.8 Å². The first-order valence-electron chi connectivity index (χ1n) is 7.19. The molecular formula is C18H21NO3. The van der Waals surface area contributed by atoms with Gasteiger partial charge in [-0.1, -0.05) is 30.3 Å². The molecule has 4 heteroatoms. The number of para-hydroxylation sites is 1. The molecular weight excluding hydrogens is 278 g/mol. The number of hydrogen-bond acceptors (Lipinski definition) is 3. The molecule has 0 radical (unpaired) electrons. The fourth-order valence-corrected chi connectivity index (χ4v) is 2.20. The van der Waals surface area contributed by atoms with Gasteiger partial charge in [-0.05, 0) is 42.7 Å². The monoisotopic (exact) mass is 299 g/mol. The van der Waals surface area contributed by atoms with E-state index in [1.807, 2.05) is 56.3 Å². The molecule has 22 heavy (non-hydrogen) atoms. The van der Waals surface area contributed by atoms with E-state index < -0.39 is 0 Å². The van der Waals surface area contributed by atoms with Crippen LogP contribution in [0.3, 0.4) is 0 Å². The summed E-state index contributed by atoms with van der Waals surface area (Å²) in [7, 11) is 1.62. The molecule has 0 aromatic heterocycles. The van der Waals surface area contributed by atoms with Crippen LogP contribution < -0.4 is 14.8 Å². The molecule has 0 aliphatic carbocycles. The predicted octanol–water partition coefficient (Wildman–Crippen LogP) is 3.01. The normalized spacial score (nSPS) is 10.1. The smallest absolute Gasteiger partial charge is 0.258 e. The summed E-state index contributed by atoms with van der Waals surface area (Å²) in [5, 5.41) is 2.84. The lowest BCUT2D eigenvalue weighted by atomic mass is 10.1. The minimum atomic E-state index is -0.148. The molecule has 0 saturated heterocycles. The molecule has 0 spiro atoms. The minimum Gasteiger partial charge on any atom is -0.497 e. The standard InChI is InChI=1S/C18H21NO3/c1-13-6-4-7-14(2)18(13)22-12-17(20)19-11-15-8-5-9-16(10-15)21-3/h4-10H,11-12H2,1-3H3,(H,19,20). The van der Waals surface area contributed by atoms with Gasteiger partial charge in [0.1, 0.15) is 11.5 Å². The lowest BCUT2D eigenvalue weighted by Crippen LogP contribution is -2.28. The van der Waals surface area contributed by atoms with Gasteiger partial charge in [0.05, 0.1) is 7.11 Å². The molecule has 1 N–H and O–H groups in total. The zero-order valence-corrected chi connectivity index (χ0v) is 13.2. The SMILES string of the molecule is COc1cccc(CNC(=O)COc2c(C)cccc2C)c1. The van der Waals surface area contributed by atoms with Crippen LogP contribution in [0, 0.1) is 13.8 Å². The quantitative estimate of drug-likeness (QED) is 0.892. The maximum atomic E-state index is 11.9. The topological polar surface area (TPSA) is 47.6 Å². The lowest BCUT2D eigenvalue weighted by Gasteiger charge is -2.12. The van der Waals surface area contributed by atoms with E-state index in [4.69, 9.17) is 9.47 Å². The maximum Gasteiger partial charge on any atom is 0.258 e. The molecule has 0 aliphatic heterocycles. The molecule has 116 valence electrons. The van der Waals surface area contributed by atoms with Crippen LogP contribution in [0.5, 0.6) is 11.5 Å². The number of benzene rings is 2. The Morgan fingerprint density at radius 1 is 1.09 bits per heavy atom. The molecule has 2 aromatic rings. The van der Waals surface area contributed by atoms with Crippen LogP contribution in [0.4, 0.5) is 0 Å². The van der Waals surface area contributed by atoms with E-state index in [-0.39, 0.29) is 12.5 Å². The van der Waals surface area contributed by atoms with Gasteiger partial charge in [-0.15, -0.1) is 0 Å². The van der Waals surface area contributed by atoms with Crippen LogP contribution in [-0.4, -0.2) is 19.6 Å². The first kappa shape index (κ1) is 15.9. The van der Waals surface area contributed by atoms with Crippen molar-refractivity contribution in [2.75, 3.05) is 13.7 Å². The average Bonchev–Trinajstić information content (AvgIpc) is 2.52. The van der Waals surface area contributed by atoms with E-state index in [0.717, 1.165) is 28.2 Å². The Morgan fingerprint density at radius 2 is 1.77 bits per heavy atom. The first-order chi connectivity index (χ1) is 10.6. The molecule has 1 amide bonds. The number of methoxy groups -OCH3 is 1. The Bertz CT molecular complexity index is 632. The van der Waals surface area contributed by atoms with Gasteiger partial charge in [0.2, 0.25) is 0 Å². The largest absolute Gasteiger partial charge is 0.497 e. The zero-order valence-electron chi connectivity index (χ0n) is 13.2. The number of carbonyl (C=O) groups excluding carboxylic acids is 1. The van der Waals surface area contributed by atoms with Crippen molar-refractivity contribution in [2.45, 2.75) is 20.4 Å². The van der Waals surface area contributed by atoms with Crippen LogP contribution in [0.15, 0.2) is 42.5 Å². The number of nitrogens with one attached hydrogen (secondary N) is 1. The molecule has 0 fully saturated rings. The second kappa shape index (κ2) is 7.50. The molecule has 4 nitrogen and oxygen atoms in total. The van der Waals surface area contributed by atoms with Gasteiger partial charge in [0, 0.05) is 6.54 Å². The molecule has 0 bridgehead atoms. The Labute approximate surface area is 131 Å². The summed E-state index contributed by atoms with van der Waals surface area (Å²) in [6.45, 7) is 4.40. The molecule has 2 aromatic carbocycles. The van der Waals surface area contributed by atoms with Crippen molar-refractivity contribution in [3.05, 3.63) is 59.2 Å². The summed E-state index contributed by atoms with van der Waals surface area (Å²) in [5.41, 5.74) is 3.04. The summed E-state index contributed by atoms with van der Waals surface area (Å²) >= 11 is 0. The van der Waals surface area contributed by atoms with Gasteiger partial charge in [0.25, 0.3) is 5.91 Å². The van der Waals surface area contributed by atoms with Gasteiger partial charge in [-0.3, -0.25) is 4.79 Å². The first-order valence-corrected chi connectivity index (χ1v) is 7.19. The van der Waals surface area contributed by atoms with E-state index in [1.165, 1.54) is 0 Å². The predicted molar refractivity (Wildman–Crippen MR) is 86.3 cm³/mol. The summed E-state index contributed by atoms with van der Waals surface area (Å²) in [6.07, 6.45) is 0. The molecule has 0 unspecified atom stereocenters. The second-order valence-corrected chi connectivity index (χ2v) is 5.14. The van der Waals surface area contributed by atoms with Crippen molar-refractivity contribution in [2.24, 2.45) is 0 Å². The van der Waals surface area contributed by atoms with Gasteiger partial charge >= 0.3 is 0 Å². The maximum absolute atomic E-state index is 11.9. The summed E-state index contributed by atoms with van der Waals surface area (Å²) < 4.78 is 10.8. The highest BCUT2D eigenvalue weighted by atomic mass is 16.5. The number of rotatable bonds is 6. The Balaban J connectivity index is 1.85. The minimum absolute atomic E-state index is 0.00959. The Hall–Kier alpha value is -2.49.